The number of piperidine rings is 1. The number of benzene rings is 1. The Morgan fingerprint density at radius 3 is 2.47 bits per heavy atom. The molecule has 3 aliphatic rings. The molecular weight excluding hydrogens is 542 g/mol. The molecule has 4 rings (SSSR count). The summed E-state index contributed by atoms with van der Waals surface area (Å²) >= 11 is 0. The van der Waals surface area contributed by atoms with Gasteiger partial charge in [-0.1, -0.05) is 37.3 Å². The van der Waals surface area contributed by atoms with E-state index in [1.165, 1.54) is 0 Å². The summed E-state index contributed by atoms with van der Waals surface area (Å²) in [4.78, 5) is 43.7. The van der Waals surface area contributed by atoms with Gasteiger partial charge in [-0.25, -0.2) is 0 Å². The molecule has 1 unspecified atom stereocenters. The van der Waals surface area contributed by atoms with Crippen LogP contribution in [0.4, 0.5) is 0 Å². The molecule has 2 saturated heterocycles. The van der Waals surface area contributed by atoms with Crippen LogP contribution in [-0.2, 0) is 16.1 Å². The third kappa shape index (κ3) is 7.46. The Morgan fingerprint density at radius 2 is 1.86 bits per heavy atom. The number of nitrogens with one attached hydrogen (secondary N) is 2. The van der Waals surface area contributed by atoms with E-state index in [0.29, 0.717) is 34.7 Å². The van der Waals surface area contributed by atoms with Crippen molar-refractivity contribution in [3.63, 3.8) is 0 Å². The topological polar surface area (TPSA) is 105 Å². The first-order valence-corrected chi connectivity index (χ1v) is 15.4. The molecule has 1 aromatic rings. The summed E-state index contributed by atoms with van der Waals surface area (Å²) in [5, 5.41) is 16.8. The van der Waals surface area contributed by atoms with Crippen LogP contribution in [0.15, 0.2) is 65.4 Å². The number of ketones is 2. The molecule has 0 bridgehead atoms. The Labute approximate surface area is 256 Å². The summed E-state index contributed by atoms with van der Waals surface area (Å²) in [5.41, 5.74) is 5.02. The first kappa shape index (κ1) is 32.2. The Hall–Kier alpha value is -3.69. The van der Waals surface area contributed by atoms with Crippen molar-refractivity contribution < 1.29 is 19.5 Å². The Kier molecular flexibility index (Phi) is 10.6. The van der Waals surface area contributed by atoms with Crippen LogP contribution in [0.3, 0.4) is 0 Å². The van der Waals surface area contributed by atoms with Gasteiger partial charge in [0.2, 0.25) is 11.6 Å². The molecule has 0 spiro atoms. The molecule has 1 amide bonds. The molecule has 2 aliphatic heterocycles. The van der Waals surface area contributed by atoms with E-state index in [9.17, 15) is 19.5 Å². The minimum absolute atomic E-state index is 0.0363. The van der Waals surface area contributed by atoms with Crippen LogP contribution in [0.1, 0.15) is 67.9 Å². The summed E-state index contributed by atoms with van der Waals surface area (Å²) in [5.74, 6) is -0.922. The highest BCUT2D eigenvalue weighted by Gasteiger charge is 2.34. The summed E-state index contributed by atoms with van der Waals surface area (Å²) < 4.78 is 0. The zero-order chi connectivity index (χ0) is 31.3. The molecule has 1 atom stereocenters. The number of carbonyl (C=O) groups is 3. The van der Waals surface area contributed by atoms with E-state index in [1.54, 1.807) is 26.1 Å². The third-order valence-electron chi connectivity index (χ3n) is 9.04. The van der Waals surface area contributed by atoms with Crippen LogP contribution in [-0.4, -0.2) is 89.1 Å². The standard InChI is InChI=1S/C34H47N5O4/c1-7-26(36-32-23(4)18-31(41)33(32)42)19-30(40)24(5)38-15-16-39(27(8-2)21-38)28-11-13-37(14-12-28)20-25-10-9-22(3)17-29(25)34(43)35-6/h7,9-10,17,19,27-28,36,40H,5,8,11-16,18,20-21H2,1-4,6H3,(H,35,43)/b26-7+,30-19+. The molecule has 3 N–H and O–H groups in total. The number of nitrogens with zero attached hydrogens (tertiary/aromatic N) is 3. The smallest absolute Gasteiger partial charge is 0.251 e. The Morgan fingerprint density at radius 1 is 1.14 bits per heavy atom. The highest BCUT2D eigenvalue weighted by Crippen LogP contribution is 2.27. The average molecular weight is 590 g/mol. The van der Waals surface area contributed by atoms with Gasteiger partial charge in [0.1, 0.15) is 5.76 Å². The zero-order valence-corrected chi connectivity index (χ0v) is 26.3. The molecule has 2 fully saturated rings. The maximum Gasteiger partial charge on any atom is 0.251 e. The lowest BCUT2D eigenvalue weighted by Crippen LogP contribution is -2.57. The largest absolute Gasteiger partial charge is 0.506 e. The lowest BCUT2D eigenvalue weighted by Gasteiger charge is -2.48. The lowest BCUT2D eigenvalue weighted by atomic mass is 9.97. The minimum Gasteiger partial charge on any atom is -0.506 e. The molecule has 0 saturated carbocycles. The van der Waals surface area contributed by atoms with Gasteiger partial charge in [0.25, 0.3) is 5.91 Å². The number of carbonyl (C=O) groups excluding carboxylic acids is 3. The van der Waals surface area contributed by atoms with E-state index in [2.05, 4.69) is 51.0 Å². The van der Waals surface area contributed by atoms with Gasteiger partial charge in [0.15, 0.2) is 0 Å². The number of Topliss-reactive ketones (excluding diaryl/α,β-unsaturated/α-hetero) is 2. The van der Waals surface area contributed by atoms with Gasteiger partial charge in [-0.2, -0.15) is 0 Å². The molecule has 1 aliphatic carbocycles. The summed E-state index contributed by atoms with van der Waals surface area (Å²) in [7, 11) is 1.68. The molecule has 0 radical (unpaired) electrons. The Bertz CT molecular complexity index is 1350. The highest BCUT2D eigenvalue weighted by atomic mass is 16.3. The first-order chi connectivity index (χ1) is 20.6. The highest BCUT2D eigenvalue weighted by molar-refractivity contribution is 6.46. The SMILES string of the molecule is C=C(/C(O)=C\C(=C/C)NC1=C(C)CC(=O)C1=O)N1CCN(C2CCN(Cc3ccc(C)cc3C(=O)NC)CC2)C(CC)C1. The number of hydrogen-bond acceptors (Lipinski definition) is 8. The van der Waals surface area contributed by atoms with E-state index in [4.69, 9.17) is 0 Å². The van der Waals surface area contributed by atoms with Crippen LogP contribution < -0.4 is 10.6 Å². The first-order valence-electron chi connectivity index (χ1n) is 15.4. The van der Waals surface area contributed by atoms with Crippen LogP contribution in [0.2, 0.25) is 0 Å². The van der Waals surface area contributed by atoms with E-state index in [0.717, 1.165) is 75.2 Å². The second-order valence-electron chi connectivity index (χ2n) is 11.9. The van der Waals surface area contributed by atoms with Crippen molar-refractivity contribution in [3.8, 4) is 0 Å². The van der Waals surface area contributed by atoms with Crippen molar-refractivity contribution in [1.82, 2.24) is 25.3 Å². The number of likely N-dealkylation sites (tertiary alicyclic amines) is 1. The molecule has 2 heterocycles. The molecule has 232 valence electrons. The maximum absolute atomic E-state index is 12.4. The van der Waals surface area contributed by atoms with E-state index >= 15 is 0 Å². The molecule has 0 aromatic heterocycles. The minimum atomic E-state index is -0.514. The van der Waals surface area contributed by atoms with Gasteiger partial charge in [-0.15, -0.1) is 0 Å². The number of aliphatic hydroxyl groups is 1. The number of amides is 1. The summed E-state index contributed by atoms with van der Waals surface area (Å²) in [6, 6.07) is 6.98. The van der Waals surface area contributed by atoms with Crippen molar-refractivity contribution >= 4 is 17.5 Å². The van der Waals surface area contributed by atoms with Gasteiger partial charge < -0.3 is 20.6 Å². The van der Waals surface area contributed by atoms with Crippen LogP contribution in [0.5, 0.6) is 0 Å². The number of allylic oxidation sites excluding steroid dienone is 4. The zero-order valence-electron chi connectivity index (χ0n) is 26.3. The molecular formula is C34H47N5O4. The lowest BCUT2D eigenvalue weighted by molar-refractivity contribution is -0.133. The van der Waals surface area contributed by atoms with Crippen molar-refractivity contribution in [2.24, 2.45) is 0 Å². The Balaban J connectivity index is 1.33. The van der Waals surface area contributed by atoms with Gasteiger partial charge in [-0.05, 0) is 70.3 Å². The quantitative estimate of drug-likeness (QED) is 0.214. The normalized spacial score (nSPS) is 21.5. The third-order valence-corrected chi connectivity index (χ3v) is 9.04. The summed E-state index contributed by atoms with van der Waals surface area (Å²) in [6.45, 7) is 17.2. The second kappa shape index (κ2) is 14.2. The van der Waals surface area contributed by atoms with Crippen LogP contribution >= 0.6 is 0 Å². The molecule has 9 heteroatoms. The predicted molar refractivity (Wildman–Crippen MR) is 169 cm³/mol. The predicted octanol–water partition coefficient (Wildman–Crippen LogP) is 3.98. The molecule has 9 nitrogen and oxygen atoms in total. The average Bonchev–Trinajstić information content (AvgIpc) is 3.26. The van der Waals surface area contributed by atoms with E-state index in [-0.39, 0.29) is 18.1 Å². The van der Waals surface area contributed by atoms with Crippen LogP contribution in [0.25, 0.3) is 0 Å². The fourth-order valence-electron chi connectivity index (χ4n) is 6.42. The summed E-state index contributed by atoms with van der Waals surface area (Å²) in [6.07, 6.45) is 6.63. The number of hydrogen-bond donors (Lipinski definition) is 3. The number of aliphatic hydroxyl groups excluding tert-OH is 1. The van der Waals surface area contributed by atoms with Crippen molar-refractivity contribution in [3.05, 3.63) is 82.0 Å². The fraction of sp³-hybridized carbons (Fsp3) is 0.500. The van der Waals surface area contributed by atoms with Gasteiger partial charge >= 0.3 is 0 Å². The van der Waals surface area contributed by atoms with E-state index < -0.39 is 11.6 Å². The number of rotatable bonds is 10. The fourth-order valence-corrected chi connectivity index (χ4v) is 6.42. The number of aryl methyl sites for hydroxylation is 1. The monoisotopic (exact) mass is 589 g/mol. The molecule has 43 heavy (non-hydrogen) atoms. The van der Waals surface area contributed by atoms with Crippen molar-refractivity contribution in [2.75, 3.05) is 39.8 Å². The van der Waals surface area contributed by atoms with Gasteiger partial charge in [-0.3, -0.25) is 24.2 Å². The number of piperazine rings is 1. The van der Waals surface area contributed by atoms with Gasteiger partial charge in [0.05, 0.1) is 11.4 Å². The van der Waals surface area contributed by atoms with Gasteiger partial charge in [0, 0.05) is 69.1 Å². The maximum atomic E-state index is 12.4. The molecule has 1 aromatic carbocycles. The van der Waals surface area contributed by atoms with Crippen molar-refractivity contribution in [1.29, 1.82) is 0 Å². The van der Waals surface area contributed by atoms with Crippen LogP contribution in [0, 0.1) is 6.92 Å². The van der Waals surface area contributed by atoms with Crippen molar-refractivity contribution in [2.45, 2.75) is 72.0 Å². The second-order valence-corrected chi connectivity index (χ2v) is 11.9. The van der Waals surface area contributed by atoms with E-state index in [1.807, 2.05) is 19.9 Å².